The molecule has 9 nitrogen and oxygen atoms in total. The number of nitrogens with one attached hydrogen (secondary N) is 2. The average molecular weight is 539 g/mol. The van der Waals surface area contributed by atoms with Crippen LogP contribution in [0.4, 0.5) is 10.5 Å². The fraction of sp³-hybridized carbons (Fsp3) is 0.467. The molecule has 0 aliphatic heterocycles. The van der Waals surface area contributed by atoms with Crippen molar-refractivity contribution in [3.63, 3.8) is 0 Å². The van der Waals surface area contributed by atoms with E-state index in [1.807, 2.05) is 64.1 Å². The van der Waals surface area contributed by atoms with Crippen molar-refractivity contribution in [2.45, 2.75) is 85.4 Å². The number of ether oxygens (including phenoxy) is 1. The molecule has 0 fully saturated rings. The monoisotopic (exact) mass is 538 g/mol. The second-order valence-electron chi connectivity index (χ2n) is 10.8. The van der Waals surface area contributed by atoms with Crippen molar-refractivity contribution in [3.05, 3.63) is 64.7 Å². The molecule has 2 aromatic rings. The van der Waals surface area contributed by atoms with E-state index in [9.17, 15) is 19.2 Å². The van der Waals surface area contributed by atoms with Crippen LogP contribution in [0.2, 0.25) is 0 Å². The van der Waals surface area contributed by atoms with Crippen LogP contribution < -0.4 is 16.4 Å². The number of alkyl carbamates (subject to hydrolysis) is 1. The van der Waals surface area contributed by atoms with E-state index >= 15 is 0 Å². The smallest absolute Gasteiger partial charge is 0.408 e. The molecule has 2 unspecified atom stereocenters. The van der Waals surface area contributed by atoms with Crippen molar-refractivity contribution in [1.82, 2.24) is 10.2 Å². The molecule has 0 bridgehead atoms. The lowest BCUT2D eigenvalue weighted by Crippen LogP contribution is -2.53. The first-order valence-corrected chi connectivity index (χ1v) is 13.3. The fourth-order valence-corrected chi connectivity index (χ4v) is 4.24. The molecule has 0 radical (unpaired) electrons. The van der Waals surface area contributed by atoms with Crippen molar-refractivity contribution in [2.75, 3.05) is 11.9 Å². The van der Waals surface area contributed by atoms with Crippen LogP contribution in [-0.4, -0.2) is 46.9 Å². The number of para-hydroxylation sites is 1. The number of aryl methyl sites for hydroxylation is 3. The summed E-state index contributed by atoms with van der Waals surface area (Å²) in [5.74, 6) is -1.78. The van der Waals surface area contributed by atoms with Gasteiger partial charge in [-0.15, -0.1) is 0 Å². The topological polar surface area (TPSA) is 131 Å². The van der Waals surface area contributed by atoms with Crippen LogP contribution in [-0.2, 0) is 19.1 Å². The lowest BCUT2D eigenvalue weighted by Gasteiger charge is -2.35. The zero-order valence-electron chi connectivity index (χ0n) is 24.1. The Balaban J connectivity index is 2.59. The molecule has 39 heavy (non-hydrogen) atoms. The molecule has 0 aliphatic carbocycles. The van der Waals surface area contributed by atoms with E-state index in [2.05, 4.69) is 10.6 Å². The Morgan fingerprint density at radius 3 is 2.23 bits per heavy atom. The van der Waals surface area contributed by atoms with Crippen LogP contribution >= 0.6 is 0 Å². The summed E-state index contributed by atoms with van der Waals surface area (Å²) in [6.45, 7) is 13.0. The fourth-order valence-electron chi connectivity index (χ4n) is 4.24. The number of primary amides is 1. The molecular weight excluding hydrogens is 496 g/mol. The van der Waals surface area contributed by atoms with Crippen molar-refractivity contribution >= 4 is 29.5 Å². The van der Waals surface area contributed by atoms with Gasteiger partial charge in [0, 0.05) is 12.2 Å². The van der Waals surface area contributed by atoms with Gasteiger partial charge in [-0.05, 0) is 70.7 Å². The molecule has 0 saturated carbocycles. The first-order chi connectivity index (χ1) is 18.2. The van der Waals surface area contributed by atoms with E-state index in [0.717, 1.165) is 23.1 Å². The molecule has 0 saturated heterocycles. The molecule has 2 aromatic carbocycles. The number of unbranched alkanes of at least 4 members (excludes halogenated alkanes) is 1. The minimum absolute atomic E-state index is 0.222. The highest BCUT2D eigenvalue weighted by Gasteiger charge is 2.37. The number of nitrogens with two attached hydrogens (primary N) is 1. The average Bonchev–Trinajstić information content (AvgIpc) is 2.81. The van der Waals surface area contributed by atoms with Crippen LogP contribution in [0.1, 0.15) is 75.3 Å². The molecule has 0 spiro atoms. The Bertz CT molecular complexity index is 1190. The van der Waals surface area contributed by atoms with Crippen LogP contribution in [0.5, 0.6) is 0 Å². The summed E-state index contributed by atoms with van der Waals surface area (Å²) in [4.78, 5) is 54.0. The lowest BCUT2D eigenvalue weighted by atomic mass is 9.95. The van der Waals surface area contributed by atoms with Gasteiger partial charge in [-0.3, -0.25) is 14.4 Å². The Labute approximate surface area is 231 Å². The lowest BCUT2D eigenvalue weighted by molar-refractivity contribution is -0.142. The van der Waals surface area contributed by atoms with Crippen molar-refractivity contribution in [1.29, 1.82) is 0 Å². The van der Waals surface area contributed by atoms with Crippen molar-refractivity contribution < 1.29 is 23.9 Å². The summed E-state index contributed by atoms with van der Waals surface area (Å²) in [5, 5.41) is 5.48. The van der Waals surface area contributed by atoms with E-state index < -0.39 is 47.9 Å². The molecular formula is C30H42N4O5. The molecule has 212 valence electrons. The third-order valence-corrected chi connectivity index (χ3v) is 6.11. The normalized spacial score (nSPS) is 12.7. The molecule has 0 aliphatic rings. The zero-order valence-corrected chi connectivity index (χ0v) is 24.1. The molecule has 4 amide bonds. The maximum absolute atomic E-state index is 14.1. The quantitative estimate of drug-likeness (QED) is 0.382. The predicted octanol–water partition coefficient (Wildman–Crippen LogP) is 4.69. The highest BCUT2D eigenvalue weighted by molar-refractivity contribution is 6.00. The number of hydrogen-bond acceptors (Lipinski definition) is 5. The summed E-state index contributed by atoms with van der Waals surface area (Å²) in [5.41, 5.74) is 8.63. The van der Waals surface area contributed by atoms with Crippen molar-refractivity contribution in [2.24, 2.45) is 5.73 Å². The summed E-state index contributed by atoms with van der Waals surface area (Å²) < 4.78 is 5.33. The number of anilines is 1. The Kier molecular flexibility index (Phi) is 11.1. The largest absolute Gasteiger partial charge is 0.444 e. The van der Waals surface area contributed by atoms with Gasteiger partial charge < -0.3 is 26.0 Å². The summed E-state index contributed by atoms with van der Waals surface area (Å²) in [6.07, 6.45) is 0.0493. The van der Waals surface area contributed by atoms with E-state index in [4.69, 9.17) is 10.5 Å². The number of amides is 4. The van der Waals surface area contributed by atoms with E-state index in [0.29, 0.717) is 17.7 Å². The van der Waals surface area contributed by atoms with Gasteiger partial charge in [0.1, 0.15) is 17.7 Å². The van der Waals surface area contributed by atoms with Gasteiger partial charge >= 0.3 is 6.09 Å². The van der Waals surface area contributed by atoms with Gasteiger partial charge in [-0.2, -0.15) is 0 Å². The predicted molar refractivity (Wildman–Crippen MR) is 152 cm³/mol. The number of carbonyl (C=O) groups is 4. The highest BCUT2D eigenvalue weighted by Crippen LogP contribution is 2.29. The van der Waals surface area contributed by atoms with Gasteiger partial charge in [0.05, 0.1) is 6.42 Å². The number of rotatable bonds is 11. The number of carbonyl (C=O) groups excluding carboxylic acids is 4. The zero-order chi connectivity index (χ0) is 29.3. The minimum atomic E-state index is -1.31. The van der Waals surface area contributed by atoms with E-state index in [1.165, 1.54) is 4.90 Å². The first-order valence-electron chi connectivity index (χ1n) is 13.3. The first kappa shape index (κ1) is 31.3. The number of nitrogens with zero attached hydrogens (tertiary/aromatic N) is 1. The van der Waals surface area contributed by atoms with Crippen LogP contribution in [0.15, 0.2) is 42.5 Å². The van der Waals surface area contributed by atoms with Gasteiger partial charge in [0.2, 0.25) is 11.8 Å². The Morgan fingerprint density at radius 2 is 1.67 bits per heavy atom. The Morgan fingerprint density at radius 1 is 1.00 bits per heavy atom. The molecule has 0 heterocycles. The standard InChI is InChI=1S/C30H42N4O5/c1-8-9-16-34(28(37)24(18-25(31)35)33-29(38)39-30(5,6)7)26(22-15-14-19(2)17-21(22)4)27(36)32-23-13-11-10-12-20(23)3/h10-15,17,24,26H,8-9,16,18H2,1-7H3,(H2,31,35)(H,32,36)(H,33,38). The van der Waals surface area contributed by atoms with Crippen LogP contribution in [0.25, 0.3) is 0 Å². The molecule has 2 atom stereocenters. The maximum atomic E-state index is 14.1. The SMILES string of the molecule is CCCCN(C(=O)C(CC(N)=O)NC(=O)OC(C)(C)C)C(C(=O)Nc1ccccc1C)c1ccc(C)cc1C. The minimum Gasteiger partial charge on any atom is -0.444 e. The summed E-state index contributed by atoms with van der Waals surface area (Å²) in [7, 11) is 0. The van der Waals surface area contributed by atoms with Gasteiger partial charge in [-0.25, -0.2) is 4.79 Å². The second kappa shape index (κ2) is 13.8. The number of hydrogen-bond donors (Lipinski definition) is 3. The van der Waals surface area contributed by atoms with Crippen molar-refractivity contribution in [3.8, 4) is 0 Å². The van der Waals surface area contributed by atoms with Crippen LogP contribution in [0.3, 0.4) is 0 Å². The highest BCUT2D eigenvalue weighted by atomic mass is 16.6. The van der Waals surface area contributed by atoms with Crippen LogP contribution in [0, 0.1) is 20.8 Å². The summed E-state index contributed by atoms with van der Waals surface area (Å²) in [6, 6.07) is 10.7. The maximum Gasteiger partial charge on any atom is 0.408 e. The molecule has 2 rings (SSSR count). The number of benzene rings is 2. The van der Waals surface area contributed by atoms with Gasteiger partial charge in [-0.1, -0.05) is 55.3 Å². The second-order valence-corrected chi connectivity index (χ2v) is 10.8. The van der Waals surface area contributed by atoms with Gasteiger partial charge in [0.15, 0.2) is 0 Å². The van der Waals surface area contributed by atoms with Gasteiger partial charge in [0.25, 0.3) is 5.91 Å². The Hall–Kier alpha value is -3.88. The van der Waals surface area contributed by atoms with E-state index in [1.54, 1.807) is 26.8 Å². The summed E-state index contributed by atoms with van der Waals surface area (Å²) >= 11 is 0. The molecule has 4 N–H and O–H groups in total. The third kappa shape index (κ3) is 9.42. The molecule has 0 aromatic heterocycles. The molecule has 9 heteroatoms. The van der Waals surface area contributed by atoms with E-state index in [-0.39, 0.29) is 6.54 Å². The third-order valence-electron chi connectivity index (χ3n) is 6.11.